The second-order valence-corrected chi connectivity index (χ2v) is 2.97. The van der Waals surface area contributed by atoms with E-state index >= 15 is 0 Å². The number of alkyl halides is 3. The van der Waals surface area contributed by atoms with Crippen LogP contribution in [0, 0.1) is 11.3 Å². The molecule has 0 amide bonds. The maximum Gasteiger partial charge on any atom is 0.573 e. The van der Waals surface area contributed by atoms with Crippen molar-refractivity contribution in [1.82, 2.24) is 5.32 Å². The Bertz CT molecular complexity index is 381. The zero-order valence-electron chi connectivity index (χ0n) is 8.38. The predicted molar refractivity (Wildman–Crippen MR) is 50.5 cm³/mol. The van der Waals surface area contributed by atoms with Gasteiger partial charge < -0.3 is 10.1 Å². The van der Waals surface area contributed by atoms with Crippen LogP contribution in [0.25, 0.3) is 0 Å². The highest BCUT2D eigenvalue weighted by Crippen LogP contribution is 2.24. The molecule has 0 aliphatic rings. The molecule has 1 atom stereocenters. The maximum atomic E-state index is 11.8. The van der Waals surface area contributed by atoms with Crippen molar-refractivity contribution in [3.63, 3.8) is 0 Å². The molecule has 0 radical (unpaired) electrons. The number of nitrogens with one attached hydrogen (secondary N) is 1. The van der Waals surface area contributed by atoms with Crippen molar-refractivity contribution in [3.05, 3.63) is 29.8 Å². The van der Waals surface area contributed by atoms with Crippen LogP contribution in [0.15, 0.2) is 24.3 Å². The number of halogens is 3. The first-order valence-corrected chi connectivity index (χ1v) is 4.39. The Labute approximate surface area is 90.4 Å². The van der Waals surface area contributed by atoms with E-state index in [0.29, 0.717) is 5.56 Å². The number of benzene rings is 1. The van der Waals surface area contributed by atoms with Crippen LogP contribution < -0.4 is 10.1 Å². The molecule has 1 rings (SSSR count). The van der Waals surface area contributed by atoms with Crippen LogP contribution in [0.3, 0.4) is 0 Å². The fourth-order valence-corrected chi connectivity index (χ4v) is 1.17. The Hall–Kier alpha value is -1.74. The smallest absolute Gasteiger partial charge is 0.406 e. The summed E-state index contributed by atoms with van der Waals surface area (Å²) in [5.74, 6) is -0.302. The van der Waals surface area contributed by atoms with Gasteiger partial charge in [-0.3, -0.25) is 0 Å². The maximum absolute atomic E-state index is 11.8. The molecule has 0 heterocycles. The average molecular weight is 230 g/mol. The van der Waals surface area contributed by atoms with E-state index < -0.39 is 12.4 Å². The van der Waals surface area contributed by atoms with Gasteiger partial charge in [0.05, 0.1) is 6.07 Å². The molecule has 0 bridgehead atoms. The minimum absolute atomic E-state index is 0.302. The van der Waals surface area contributed by atoms with Gasteiger partial charge >= 0.3 is 6.36 Å². The third-order valence-corrected chi connectivity index (χ3v) is 1.86. The zero-order chi connectivity index (χ0) is 12.2. The molecule has 6 heteroatoms. The van der Waals surface area contributed by atoms with Gasteiger partial charge in [0.15, 0.2) is 0 Å². The number of nitriles is 1. The van der Waals surface area contributed by atoms with Crippen molar-refractivity contribution in [1.29, 1.82) is 5.26 Å². The molecule has 3 nitrogen and oxygen atoms in total. The molecule has 0 fully saturated rings. The van der Waals surface area contributed by atoms with Crippen molar-refractivity contribution >= 4 is 0 Å². The lowest BCUT2D eigenvalue weighted by Gasteiger charge is -2.11. The Balaban J connectivity index is 2.80. The topological polar surface area (TPSA) is 45.0 Å². The van der Waals surface area contributed by atoms with E-state index in [-0.39, 0.29) is 5.75 Å². The number of ether oxygens (including phenoxy) is 1. The van der Waals surface area contributed by atoms with Crippen LogP contribution >= 0.6 is 0 Å². The Morgan fingerprint density at radius 3 is 2.25 bits per heavy atom. The minimum atomic E-state index is -4.70. The van der Waals surface area contributed by atoms with E-state index in [1.165, 1.54) is 24.3 Å². The van der Waals surface area contributed by atoms with Crippen LogP contribution in [0.5, 0.6) is 5.75 Å². The molecule has 1 aromatic rings. The zero-order valence-corrected chi connectivity index (χ0v) is 8.38. The summed E-state index contributed by atoms with van der Waals surface area (Å²) in [6, 6.07) is 6.58. The second-order valence-electron chi connectivity index (χ2n) is 2.97. The fraction of sp³-hybridized carbons (Fsp3) is 0.300. The molecule has 0 spiro atoms. The van der Waals surface area contributed by atoms with Gasteiger partial charge in [0, 0.05) is 0 Å². The quantitative estimate of drug-likeness (QED) is 0.866. The standard InChI is InChI=1S/C10H9F3N2O/c1-15-9(6-14)7-2-4-8(5-3-7)16-10(11,12)13/h2-5,9,15H,1H3. The van der Waals surface area contributed by atoms with Gasteiger partial charge in [0.25, 0.3) is 0 Å². The summed E-state index contributed by atoms with van der Waals surface area (Å²) in [6.45, 7) is 0. The first kappa shape index (κ1) is 12.3. The molecular weight excluding hydrogens is 221 g/mol. The van der Waals surface area contributed by atoms with Gasteiger partial charge in [0.1, 0.15) is 11.8 Å². The van der Waals surface area contributed by atoms with E-state index in [2.05, 4.69) is 10.1 Å². The van der Waals surface area contributed by atoms with Gasteiger partial charge in [-0.25, -0.2) is 0 Å². The molecule has 0 saturated heterocycles. The summed E-state index contributed by atoms with van der Waals surface area (Å²) in [4.78, 5) is 0. The van der Waals surface area contributed by atoms with Crippen molar-refractivity contribution in [2.45, 2.75) is 12.4 Å². The number of hydrogen-bond acceptors (Lipinski definition) is 3. The largest absolute Gasteiger partial charge is 0.573 e. The summed E-state index contributed by atoms with van der Waals surface area (Å²) < 4.78 is 39.2. The summed E-state index contributed by atoms with van der Waals surface area (Å²) in [5.41, 5.74) is 0.583. The lowest BCUT2D eigenvalue weighted by molar-refractivity contribution is -0.274. The molecule has 16 heavy (non-hydrogen) atoms. The van der Waals surface area contributed by atoms with E-state index in [4.69, 9.17) is 5.26 Å². The van der Waals surface area contributed by atoms with Crippen LogP contribution in [0.4, 0.5) is 13.2 Å². The fourth-order valence-electron chi connectivity index (χ4n) is 1.17. The Morgan fingerprint density at radius 2 is 1.88 bits per heavy atom. The molecule has 0 saturated carbocycles. The molecule has 86 valence electrons. The molecule has 0 aliphatic heterocycles. The number of hydrogen-bond donors (Lipinski definition) is 1. The van der Waals surface area contributed by atoms with Crippen molar-refractivity contribution in [3.8, 4) is 11.8 Å². The minimum Gasteiger partial charge on any atom is -0.406 e. The van der Waals surface area contributed by atoms with Crippen LogP contribution in [0.1, 0.15) is 11.6 Å². The molecule has 0 aromatic heterocycles. The van der Waals surface area contributed by atoms with E-state index in [1.54, 1.807) is 7.05 Å². The highest BCUT2D eigenvalue weighted by Gasteiger charge is 2.31. The highest BCUT2D eigenvalue weighted by molar-refractivity contribution is 5.31. The van der Waals surface area contributed by atoms with Gasteiger partial charge in [-0.15, -0.1) is 13.2 Å². The van der Waals surface area contributed by atoms with Gasteiger partial charge in [-0.2, -0.15) is 5.26 Å². The van der Waals surface area contributed by atoms with Crippen LogP contribution in [-0.4, -0.2) is 13.4 Å². The number of nitrogens with zero attached hydrogens (tertiary/aromatic N) is 1. The third-order valence-electron chi connectivity index (χ3n) is 1.86. The average Bonchev–Trinajstić information content (AvgIpc) is 2.20. The van der Waals surface area contributed by atoms with Crippen molar-refractivity contribution in [2.24, 2.45) is 0 Å². The third kappa shape index (κ3) is 3.44. The van der Waals surface area contributed by atoms with E-state index in [0.717, 1.165) is 0 Å². The van der Waals surface area contributed by atoms with Gasteiger partial charge in [-0.1, -0.05) is 12.1 Å². The lowest BCUT2D eigenvalue weighted by atomic mass is 10.1. The molecule has 1 aromatic carbocycles. The van der Waals surface area contributed by atoms with Gasteiger partial charge in [-0.05, 0) is 24.7 Å². The molecular formula is C10H9F3N2O. The summed E-state index contributed by atoms with van der Waals surface area (Å²) in [5, 5.41) is 11.4. The highest BCUT2D eigenvalue weighted by atomic mass is 19.4. The Kier molecular flexibility index (Phi) is 3.74. The Morgan fingerprint density at radius 1 is 1.31 bits per heavy atom. The lowest BCUT2D eigenvalue weighted by Crippen LogP contribution is -2.17. The normalized spacial score (nSPS) is 12.9. The van der Waals surface area contributed by atoms with Crippen molar-refractivity contribution in [2.75, 3.05) is 7.05 Å². The van der Waals surface area contributed by atoms with Crippen LogP contribution in [0.2, 0.25) is 0 Å². The van der Waals surface area contributed by atoms with E-state index in [9.17, 15) is 13.2 Å². The molecule has 1 unspecified atom stereocenters. The summed E-state index contributed by atoms with van der Waals surface area (Å²) in [6.07, 6.45) is -4.70. The van der Waals surface area contributed by atoms with Crippen molar-refractivity contribution < 1.29 is 17.9 Å². The summed E-state index contributed by atoms with van der Waals surface area (Å²) >= 11 is 0. The SMILES string of the molecule is CNC(C#N)c1ccc(OC(F)(F)F)cc1. The predicted octanol–water partition coefficient (Wildman–Crippen LogP) is 2.37. The van der Waals surface area contributed by atoms with E-state index in [1.807, 2.05) is 6.07 Å². The monoisotopic (exact) mass is 230 g/mol. The molecule has 0 aliphatic carbocycles. The second kappa shape index (κ2) is 4.86. The first-order valence-electron chi connectivity index (χ1n) is 4.39. The number of rotatable bonds is 3. The molecule has 1 N–H and O–H groups in total. The first-order chi connectivity index (χ1) is 7.46. The van der Waals surface area contributed by atoms with Crippen LogP contribution in [-0.2, 0) is 0 Å². The van der Waals surface area contributed by atoms with Gasteiger partial charge in [0.2, 0.25) is 0 Å². The summed E-state index contributed by atoms with van der Waals surface area (Å²) in [7, 11) is 1.59.